The number of piperidine rings is 1. The van der Waals surface area contributed by atoms with E-state index in [4.69, 9.17) is 22.2 Å². The van der Waals surface area contributed by atoms with Crippen LogP contribution in [0.1, 0.15) is 44.7 Å². The van der Waals surface area contributed by atoms with Gasteiger partial charge in [-0.2, -0.15) is 9.97 Å². The molecule has 1 atom stereocenters. The second kappa shape index (κ2) is 9.81. The molecule has 166 valence electrons. The van der Waals surface area contributed by atoms with E-state index >= 15 is 0 Å². The average Bonchev–Trinajstić information content (AvgIpc) is 2.77. The van der Waals surface area contributed by atoms with Crippen LogP contribution in [0.25, 0.3) is 0 Å². The first-order chi connectivity index (χ1) is 15.0. The van der Waals surface area contributed by atoms with Gasteiger partial charge in [-0.1, -0.05) is 45.0 Å². The third-order valence-corrected chi connectivity index (χ3v) is 6.28. The standard InChI is InChI=1S/C24H34N6S/c1-17(2)14-25-24(31)28-23-26-21(29-11-6-7-18(3)15-29)13-22(27-23)30-12-10-19-8-4-5-9-20(19)16-30/h4-5,8-9,13,17-18H,6-7,10-12,14-16H2,1-3H3,(H2,25,26,27,28,31). The van der Waals surface area contributed by atoms with Crippen molar-refractivity contribution in [2.45, 2.75) is 46.6 Å². The van der Waals surface area contributed by atoms with E-state index in [1.807, 2.05) is 0 Å². The normalized spacial score (nSPS) is 18.6. The summed E-state index contributed by atoms with van der Waals surface area (Å²) in [6.07, 6.45) is 3.52. The summed E-state index contributed by atoms with van der Waals surface area (Å²) in [5.41, 5.74) is 2.82. The fraction of sp³-hybridized carbons (Fsp3) is 0.542. The zero-order chi connectivity index (χ0) is 21.8. The van der Waals surface area contributed by atoms with Crippen LogP contribution in [0.4, 0.5) is 17.6 Å². The van der Waals surface area contributed by atoms with Gasteiger partial charge in [-0.25, -0.2) is 0 Å². The van der Waals surface area contributed by atoms with Gasteiger partial charge in [0.25, 0.3) is 0 Å². The van der Waals surface area contributed by atoms with Crippen LogP contribution >= 0.6 is 12.2 Å². The number of fused-ring (bicyclic) bond motifs is 1. The summed E-state index contributed by atoms with van der Waals surface area (Å²) in [6, 6.07) is 10.9. The van der Waals surface area contributed by atoms with Crippen molar-refractivity contribution in [3.8, 4) is 0 Å². The van der Waals surface area contributed by atoms with Crippen LogP contribution < -0.4 is 20.4 Å². The molecule has 2 N–H and O–H groups in total. The molecule has 0 saturated carbocycles. The third kappa shape index (κ3) is 5.64. The molecule has 0 aliphatic carbocycles. The number of nitrogens with one attached hydrogen (secondary N) is 2. The topological polar surface area (TPSA) is 56.3 Å². The molecular formula is C24H34N6S. The summed E-state index contributed by atoms with van der Waals surface area (Å²) in [6.45, 7) is 11.4. The molecule has 2 aliphatic heterocycles. The highest BCUT2D eigenvalue weighted by molar-refractivity contribution is 7.80. The first-order valence-corrected chi connectivity index (χ1v) is 11.9. The second-order valence-corrected chi connectivity index (χ2v) is 9.68. The predicted molar refractivity (Wildman–Crippen MR) is 133 cm³/mol. The lowest BCUT2D eigenvalue weighted by molar-refractivity contribution is 0.444. The van der Waals surface area contributed by atoms with Gasteiger partial charge in [-0.15, -0.1) is 0 Å². The van der Waals surface area contributed by atoms with Gasteiger partial charge in [-0.05, 0) is 54.4 Å². The van der Waals surface area contributed by atoms with Gasteiger partial charge in [0.05, 0.1) is 0 Å². The Morgan fingerprint density at radius 1 is 1.13 bits per heavy atom. The Hall–Kier alpha value is -2.41. The van der Waals surface area contributed by atoms with Gasteiger partial charge in [0.1, 0.15) is 11.6 Å². The van der Waals surface area contributed by atoms with Crippen molar-refractivity contribution in [2.75, 3.05) is 41.3 Å². The number of thiocarbonyl (C=S) groups is 1. The Bertz CT molecular complexity index is 915. The molecule has 4 rings (SSSR count). The highest BCUT2D eigenvalue weighted by atomic mass is 32.1. The van der Waals surface area contributed by atoms with E-state index in [0.717, 1.165) is 50.8 Å². The lowest BCUT2D eigenvalue weighted by atomic mass is 10.00. The van der Waals surface area contributed by atoms with Crippen LogP contribution in [0.2, 0.25) is 0 Å². The monoisotopic (exact) mass is 438 g/mol. The van der Waals surface area contributed by atoms with Crippen molar-refractivity contribution in [1.82, 2.24) is 15.3 Å². The second-order valence-electron chi connectivity index (χ2n) is 9.27. The molecule has 0 spiro atoms. The first-order valence-electron chi connectivity index (χ1n) is 11.5. The SMILES string of the molecule is CC(C)CNC(=S)Nc1nc(N2CCc3ccccc3C2)cc(N2CCCC(C)C2)n1. The summed E-state index contributed by atoms with van der Waals surface area (Å²) < 4.78 is 0. The Labute approximate surface area is 191 Å². The third-order valence-electron chi connectivity index (χ3n) is 6.03. The molecule has 2 aromatic rings. The summed E-state index contributed by atoms with van der Waals surface area (Å²) in [5, 5.41) is 7.07. The molecular weight excluding hydrogens is 404 g/mol. The Morgan fingerprint density at radius 3 is 2.61 bits per heavy atom. The Kier molecular flexibility index (Phi) is 6.90. The quantitative estimate of drug-likeness (QED) is 0.678. The number of benzene rings is 1. The van der Waals surface area contributed by atoms with E-state index in [1.165, 1.54) is 24.0 Å². The van der Waals surface area contributed by atoms with Crippen LogP contribution in [-0.4, -0.2) is 41.3 Å². The lowest BCUT2D eigenvalue weighted by Gasteiger charge is -2.34. The van der Waals surface area contributed by atoms with Crippen LogP contribution in [-0.2, 0) is 13.0 Å². The molecule has 0 amide bonds. The predicted octanol–water partition coefficient (Wildman–Crippen LogP) is 4.22. The summed E-state index contributed by atoms with van der Waals surface area (Å²) in [4.78, 5) is 14.5. The average molecular weight is 439 g/mol. The van der Waals surface area contributed by atoms with E-state index in [2.05, 4.69) is 71.5 Å². The van der Waals surface area contributed by atoms with Crippen LogP contribution in [0.15, 0.2) is 30.3 Å². The van der Waals surface area contributed by atoms with Gasteiger partial charge in [0.2, 0.25) is 5.95 Å². The van der Waals surface area contributed by atoms with Crippen molar-refractivity contribution >= 4 is 34.9 Å². The van der Waals surface area contributed by atoms with E-state index in [1.54, 1.807) is 0 Å². The molecule has 1 aromatic carbocycles. The highest BCUT2D eigenvalue weighted by Crippen LogP contribution is 2.29. The van der Waals surface area contributed by atoms with Crippen molar-refractivity contribution in [1.29, 1.82) is 0 Å². The maximum Gasteiger partial charge on any atom is 0.232 e. The maximum atomic E-state index is 5.50. The summed E-state index contributed by atoms with van der Waals surface area (Å²) >= 11 is 5.50. The molecule has 7 heteroatoms. The Morgan fingerprint density at radius 2 is 1.87 bits per heavy atom. The minimum Gasteiger partial charge on any atom is -0.362 e. The van der Waals surface area contributed by atoms with E-state index in [0.29, 0.717) is 22.9 Å². The Balaban J connectivity index is 1.59. The minimum atomic E-state index is 0.519. The smallest absolute Gasteiger partial charge is 0.232 e. The van der Waals surface area contributed by atoms with Crippen LogP contribution in [0.5, 0.6) is 0 Å². The van der Waals surface area contributed by atoms with Gasteiger partial charge in [0.15, 0.2) is 5.11 Å². The number of hydrogen-bond donors (Lipinski definition) is 2. The van der Waals surface area contributed by atoms with Gasteiger partial charge in [-0.3, -0.25) is 0 Å². The van der Waals surface area contributed by atoms with Gasteiger partial charge >= 0.3 is 0 Å². The minimum absolute atomic E-state index is 0.519. The zero-order valence-corrected chi connectivity index (χ0v) is 19.7. The molecule has 0 radical (unpaired) electrons. The largest absolute Gasteiger partial charge is 0.362 e. The fourth-order valence-corrected chi connectivity index (χ4v) is 4.51. The van der Waals surface area contributed by atoms with E-state index < -0.39 is 0 Å². The van der Waals surface area contributed by atoms with Gasteiger partial charge in [0, 0.05) is 38.8 Å². The maximum absolute atomic E-state index is 5.50. The molecule has 1 aromatic heterocycles. The molecule has 31 heavy (non-hydrogen) atoms. The van der Waals surface area contributed by atoms with Crippen molar-refractivity contribution in [3.63, 3.8) is 0 Å². The number of anilines is 3. The van der Waals surface area contributed by atoms with E-state index in [9.17, 15) is 0 Å². The number of aromatic nitrogens is 2. The molecule has 3 heterocycles. The fourth-order valence-electron chi connectivity index (χ4n) is 4.33. The molecule has 6 nitrogen and oxygen atoms in total. The van der Waals surface area contributed by atoms with Crippen molar-refractivity contribution in [2.24, 2.45) is 11.8 Å². The first kappa shape index (κ1) is 21.8. The van der Waals surface area contributed by atoms with Gasteiger partial charge < -0.3 is 20.4 Å². The molecule has 1 fully saturated rings. The highest BCUT2D eigenvalue weighted by Gasteiger charge is 2.22. The summed E-state index contributed by atoms with van der Waals surface area (Å²) in [5.74, 6) is 3.73. The van der Waals surface area contributed by atoms with Crippen LogP contribution in [0, 0.1) is 11.8 Å². The molecule has 2 aliphatic rings. The number of rotatable bonds is 5. The molecule has 1 unspecified atom stereocenters. The van der Waals surface area contributed by atoms with Crippen LogP contribution in [0.3, 0.4) is 0 Å². The lowest BCUT2D eigenvalue weighted by Crippen LogP contribution is -2.37. The van der Waals surface area contributed by atoms with Crippen molar-refractivity contribution < 1.29 is 0 Å². The van der Waals surface area contributed by atoms with E-state index in [-0.39, 0.29) is 0 Å². The van der Waals surface area contributed by atoms with Crippen molar-refractivity contribution in [3.05, 3.63) is 41.5 Å². The summed E-state index contributed by atoms with van der Waals surface area (Å²) in [7, 11) is 0. The molecule has 0 bridgehead atoms. The number of hydrogen-bond acceptors (Lipinski definition) is 5. The number of nitrogens with zero attached hydrogens (tertiary/aromatic N) is 4. The zero-order valence-electron chi connectivity index (χ0n) is 18.9. The molecule has 1 saturated heterocycles.